The Balaban J connectivity index is 1.73. The maximum atomic E-state index is 13.7. The number of rotatable bonds is 38. The van der Waals surface area contributed by atoms with Gasteiger partial charge < -0.3 is 61.3 Å². The third-order valence-electron chi connectivity index (χ3n) is 12.9. The van der Waals surface area contributed by atoms with Crippen LogP contribution in [0.25, 0.3) is 0 Å². The lowest BCUT2D eigenvalue weighted by Gasteiger charge is -2.27. The molecule has 0 aliphatic heterocycles. The van der Waals surface area contributed by atoms with Crippen molar-refractivity contribution in [2.75, 3.05) is 11.9 Å². The molecule has 0 heterocycles. The number of urea groups is 2. The van der Waals surface area contributed by atoms with Gasteiger partial charge in [-0.25, -0.2) is 24.0 Å². The van der Waals surface area contributed by atoms with E-state index in [0.29, 0.717) is 36.9 Å². The highest BCUT2D eigenvalue weighted by Crippen LogP contribution is 2.21. The Labute approximate surface area is 507 Å². The Hall–Kier alpha value is -7.53. The average molecular weight is 1210 g/mol. The number of nitrogens with one attached hydrogen (secondary N) is 6. The molecule has 24 heteroatoms. The van der Waals surface area contributed by atoms with Gasteiger partial charge in [-0.2, -0.15) is 0 Å². The second-order valence-corrected chi connectivity index (χ2v) is 24.8. The molecule has 24 nitrogen and oxygen atoms in total. The normalized spacial score (nSPS) is 12.9. The molecule has 0 unspecified atom stereocenters. The molecule has 0 aliphatic rings. The first kappa shape index (κ1) is 74.6. The van der Waals surface area contributed by atoms with Crippen molar-refractivity contribution < 1.29 is 71.8 Å². The molecule has 0 fully saturated rings. The summed E-state index contributed by atoms with van der Waals surface area (Å²) in [5, 5.41) is 27.0. The van der Waals surface area contributed by atoms with Crippen LogP contribution in [-0.2, 0) is 54.3 Å². The van der Waals surface area contributed by atoms with Crippen molar-refractivity contribution in [3.8, 4) is 5.75 Å². The predicted molar refractivity (Wildman–Crippen MR) is 324 cm³/mol. The number of non-ortho nitro benzene ring substituents is 1. The van der Waals surface area contributed by atoms with E-state index in [1.54, 1.807) is 100 Å². The average Bonchev–Trinajstić information content (AvgIpc) is 3.50. The second kappa shape index (κ2) is 38.5. The Kier molecular flexibility index (Phi) is 33.4. The fraction of sp³-hybridized carbons (Fsp3) is 0.661. The number of nitrogens with two attached hydrogens (primary N) is 1. The number of primary amides is 1. The van der Waals surface area contributed by atoms with Gasteiger partial charge in [-0.15, -0.1) is 0 Å². The van der Waals surface area contributed by atoms with Gasteiger partial charge in [-0.3, -0.25) is 29.3 Å². The molecule has 0 radical (unpaired) electrons. The van der Waals surface area contributed by atoms with E-state index < -0.39 is 93.8 Å². The molecule has 0 saturated carbocycles. The van der Waals surface area contributed by atoms with Gasteiger partial charge in [0, 0.05) is 37.2 Å². The highest BCUT2D eigenvalue weighted by Gasteiger charge is 2.32. The first-order valence-electron chi connectivity index (χ1n) is 30.2. The van der Waals surface area contributed by atoms with Crippen molar-refractivity contribution in [1.82, 2.24) is 26.6 Å². The zero-order valence-corrected chi connectivity index (χ0v) is 52.6. The molecule has 7 amide bonds. The van der Waals surface area contributed by atoms with Gasteiger partial charge in [0.15, 0.2) is 0 Å². The second-order valence-electron chi connectivity index (χ2n) is 24.8. The van der Waals surface area contributed by atoms with E-state index in [0.717, 1.165) is 77.0 Å². The van der Waals surface area contributed by atoms with Gasteiger partial charge in [0.25, 0.3) is 5.69 Å². The summed E-state index contributed by atoms with van der Waals surface area (Å²) in [4.78, 5) is 126. The Morgan fingerprint density at radius 2 is 1.02 bits per heavy atom. The number of hydrogen-bond donors (Lipinski definition) is 7. The molecule has 482 valence electrons. The molecule has 0 spiro atoms. The molecule has 4 atom stereocenters. The van der Waals surface area contributed by atoms with Crippen molar-refractivity contribution in [1.29, 1.82) is 0 Å². The first-order valence-corrected chi connectivity index (χ1v) is 30.2. The van der Waals surface area contributed by atoms with Crippen molar-refractivity contribution in [3.05, 3.63) is 64.2 Å². The maximum Gasteiger partial charge on any atom is 0.514 e. The van der Waals surface area contributed by atoms with Crippen LogP contribution in [-0.4, -0.2) is 106 Å². The van der Waals surface area contributed by atoms with Crippen LogP contribution in [0.3, 0.4) is 0 Å². The number of esters is 3. The fourth-order valence-corrected chi connectivity index (χ4v) is 8.66. The molecule has 8 N–H and O–H groups in total. The summed E-state index contributed by atoms with van der Waals surface area (Å²) >= 11 is 0. The molecule has 0 bridgehead atoms. The zero-order chi connectivity index (χ0) is 64.5. The van der Waals surface area contributed by atoms with E-state index in [1.807, 2.05) is 0 Å². The van der Waals surface area contributed by atoms with Crippen LogP contribution in [0.15, 0.2) is 48.5 Å². The van der Waals surface area contributed by atoms with Crippen molar-refractivity contribution in [3.63, 3.8) is 0 Å². The van der Waals surface area contributed by atoms with Gasteiger partial charge >= 0.3 is 36.1 Å². The highest BCUT2D eigenvalue weighted by atomic mass is 16.7. The van der Waals surface area contributed by atoms with Crippen LogP contribution in [0.4, 0.5) is 25.8 Å². The van der Waals surface area contributed by atoms with Gasteiger partial charge in [0.2, 0.25) is 17.7 Å². The van der Waals surface area contributed by atoms with Crippen molar-refractivity contribution >= 4 is 65.2 Å². The van der Waals surface area contributed by atoms with Crippen LogP contribution < -0.4 is 42.4 Å². The third-order valence-corrected chi connectivity index (χ3v) is 12.9. The monoisotopic (exact) mass is 1210 g/mol. The van der Waals surface area contributed by atoms with Crippen molar-refractivity contribution in [2.45, 2.75) is 252 Å². The standard InChI is InChI=1S/C62H98N8O16/c1-42(2)52(54(74)66-47(28-26-40-64-57(63)77)53(73)65-44-32-30-43(31-33-44)41-82-59(79)83-46-36-34-45(35-37-46)70(80)81)69-50(71)29-25-23-21-19-17-15-13-12-14-16-18-20-22-24-27-48(55(75)85-61(6,7)8)67-58(78)68-49(56(76)86-62(9,10)11)38-39-51(72)84-60(3,4)5/h30-37,42,47-49,52H,12-29,38-41H2,1-11H3,(H,65,73)(H,66,74)(H,69,71)(H3,63,64,77)(H2,67,68,78)/t47-,48-,49-,52-/m0/s1. The van der Waals surface area contributed by atoms with Gasteiger partial charge in [0.05, 0.1) is 4.92 Å². The van der Waals surface area contributed by atoms with Gasteiger partial charge in [-0.05, 0) is 130 Å². The minimum atomic E-state index is -1.16. The molecular formula is C62H98N8O16. The summed E-state index contributed by atoms with van der Waals surface area (Å²) in [5.74, 6) is -3.39. The molecule has 2 aromatic rings. The lowest BCUT2D eigenvalue weighted by molar-refractivity contribution is -0.384. The number of hydrogen-bond acceptors (Lipinski definition) is 16. The topological polar surface area (TPSA) is 341 Å². The number of carbonyl (C=O) groups is 9. The van der Waals surface area contributed by atoms with Gasteiger partial charge in [0.1, 0.15) is 53.3 Å². The molecular weight excluding hydrogens is 1110 g/mol. The Morgan fingerprint density at radius 1 is 0.547 bits per heavy atom. The lowest BCUT2D eigenvalue weighted by atomic mass is 10.0. The first-order chi connectivity index (χ1) is 40.3. The highest BCUT2D eigenvalue weighted by molar-refractivity contribution is 5.98. The van der Waals surface area contributed by atoms with Gasteiger partial charge in [-0.1, -0.05) is 109 Å². The largest absolute Gasteiger partial charge is 0.514 e. The smallest absolute Gasteiger partial charge is 0.460 e. The number of amides is 7. The van der Waals surface area contributed by atoms with Crippen LogP contribution in [0.2, 0.25) is 0 Å². The van der Waals surface area contributed by atoms with Crippen LogP contribution in [0, 0.1) is 16.0 Å². The van der Waals surface area contributed by atoms with E-state index in [2.05, 4.69) is 31.9 Å². The molecule has 86 heavy (non-hydrogen) atoms. The number of carbonyl (C=O) groups excluding carboxylic acids is 9. The summed E-state index contributed by atoms with van der Waals surface area (Å²) in [7, 11) is 0. The van der Waals surface area contributed by atoms with Crippen molar-refractivity contribution in [2.24, 2.45) is 11.7 Å². The summed E-state index contributed by atoms with van der Waals surface area (Å²) in [6.45, 7) is 19.1. The Morgan fingerprint density at radius 3 is 1.50 bits per heavy atom. The number of benzene rings is 2. The van der Waals surface area contributed by atoms with E-state index in [1.165, 1.54) is 24.3 Å². The van der Waals surface area contributed by atoms with E-state index in [4.69, 9.17) is 29.4 Å². The summed E-state index contributed by atoms with van der Waals surface area (Å²) in [5.41, 5.74) is 3.64. The fourth-order valence-electron chi connectivity index (χ4n) is 8.66. The molecule has 0 aliphatic carbocycles. The SMILES string of the molecule is CC(C)[C@H](NC(=O)CCCCCCCCCCCCCCCC[C@H](NC(=O)N[C@@H](CCC(=O)OC(C)(C)C)C(=O)OC(C)(C)C)C(=O)OC(C)(C)C)C(=O)N[C@@H](CCCNC(N)=O)C(=O)Nc1ccc(COC(=O)Oc2ccc([N+](=O)[O-])cc2)cc1. The van der Waals surface area contributed by atoms with E-state index in [9.17, 15) is 53.3 Å². The number of nitro groups is 1. The molecule has 0 aromatic heterocycles. The van der Waals surface area contributed by atoms with Crippen LogP contribution in [0.1, 0.15) is 210 Å². The maximum absolute atomic E-state index is 13.7. The molecule has 2 aromatic carbocycles. The summed E-state index contributed by atoms with van der Waals surface area (Å²) < 4.78 is 26.7. The zero-order valence-electron chi connectivity index (χ0n) is 52.6. The number of unbranched alkanes of at least 4 members (excludes halogenated alkanes) is 13. The summed E-state index contributed by atoms with van der Waals surface area (Å²) in [6.07, 6.45) is 13.6. The number of ether oxygens (including phenoxy) is 5. The Bertz CT molecular complexity index is 2470. The number of nitrogens with zero attached hydrogens (tertiary/aromatic N) is 1. The summed E-state index contributed by atoms with van der Waals surface area (Å²) in [6, 6.07) is 5.73. The predicted octanol–water partition coefficient (Wildman–Crippen LogP) is 10.4. The molecule has 2 rings (SSSR count). The van der Waals surface area contributed by atoms with E-state index in [-0.39, 0.29) is 62.1 Å². The third kappa shape index (κ3) is 35.1. The lowest BCUT2D eigenvalue weighted by Crippen LogP contribution is -2.54. The van der Waals surface area contributed by atoms with Crippen LogP contribution >= 0.6 is 0 Å². The number of nitro benzene ring substituents is 1. The molecule has 0 saturated heterocycles. The number of anilines is 1. The van der Waals surface area contributed by atoms with E-state index >= 15 is 0 Å². The minimum Gasteiger partial charge on any atom is -0.460 e. The minimum absolute atomic E-state index is 0.0589. The van der Waals surface area contributed by atoms with Crippen LogP contribution in [0.5, 0.6) is 5.75 Å². The quantitative estimate of drug-likeness (QED) is 0.00820.